The molecule has 2 N–H and O–H groups in total. The molecule has 0 amide bonds. The number of hydrogen-bond donors (Lipinski definition) is 1. The maximum atomic E-state index is 5.79. The van der Waals surface area contributed by atoms with Gasteiger partial charge in [-0.15, -0.1) is 0 Å². The van der Waals surface area contributed by atoms with Crippen molar-refractivity contribution >= 4 is 0 Å². The fourth-order valence-electron chi connectivity index (χ4n) is 3.17. The first-order chi connectivity index (χ1) is 5.81. The Morgan fingerprint density at radius 3 is 2.92 bits per heavy atom. The molecule has 1 heterocycles. The van der Waals surface area contributed by atoms with Gasteiger partial charge in [0.05, 0.1) is 0 Å². The number of piperidine rings is 1. The molecule has 2 heteroatoms. The second-order valence-electron chi connectivity index (χ2n) is 4.57. The summed E-state index contributed by atoms with van der Waals surface area (Å²) < 4.78 is 0. The van der Waals surface area contributed by atoms with Crippen LogP contribution in [0.1, 0.15) is 19.3 Å². The van der Waals surface area contributed by atoms with Crippen LogP contribution < -0.4 is 5.73 Å². The summed E-state index contributed by atoms with van der Waals surface area (Å²) in [5.41, 5.74) is 5.79. The Balaban J connectivity index is 2.04. The van der Waals surface area contributed by atoms with E-state index in [1.165, 1.54) is 32.4 Å². The van der Waals surface area contributed by atoms with Crippen LogP contribution in [0.5, 0.6) is 0 Å². The van der Waals surface area contributed by atoms with Gasteiger partial charge in [-0.3, -0.25) is 0 Å². The van der Waals surface area contributed by atoms with Crippen molar-refractivity contribution in [2.24, 2.45) is 23.5 Å². The minimum Gasteiger partial charge on any atom is -0.330 e. The first kappa shape index (κ1) is 8.52. The molecule has 2 rings (SSSR count). The Morgan fingerprint density at radius 2 is 2.17 bits per heavy atom. The van der Waals surface area contributed by atoms with E-state index in [-0.39, 0.29) is 0 Å². The van der Waals surface area contributed by atoms with Crippen LogP contribution in [0.2, 0.25) is 0 Å². The number of likely N-dealkylation sites (tertiary alicyclic amines) is 1. The molecule has 12 heavy (non-hydrogen) atoms. The van der Waals surface area contributed by atoms with Gasteiger partial charge >= 0.3 is 0 Å². The predicted molar refractivity (Wildman–Crippen MR) is 50.9 cm³/mol. The van der Waals surface area contributed by atoms with E-state index >= 15 is 0 Å². The summed E-state index contributed by atoms with van der Waals surface area (Å²) in [5.74, 6) is 2.72. The fourth-order valence-corrected chi connectivity index (χ4v) is 3.17. The van der Waals surface area contributed by atoms with E-state index in [1.54, 1.807) is 0 Å². The van der Waals surface area contributed by atoms with Crippen molar-refractivity contribution in [1.29, 1.82) is 0 Å². The molecular weight excluding hydrogens is 148 g/mol. The molecule has 2 aliphatic rings. The van der Waals surface area contributed by atoms with Crippen LogP contribution in [0.3, 0.4) is 0 Å². The Bertz CT molecular complexity index is 158. The second-order valence-corrected chi connectivity index (χ2v) is 4.57. The van der Waals surface area contributed by atoms with Crippen LogP contribution in [-0.2, 0) is 0 Å². The molecule has 0 spiro atoms. The van der Waals surface area contributed by atoms with Gasteiger partial charge in [0, 0.05) is 13.1 Å². The molecule has 0 aromatic heterocycles. The summed E-state index contributed by atoms with van der Waals surface area (Å²) in [5, 5.41) is 0. The highest BCUT2D eigenvalue weighted by atomic mass is 15.1. The molecule has 0 aromatic rings. The smallest absolute Gasteiger partial charge is 0.00216 e. The topological polar surface area (TPSA) is 29.3 Å². The molecule has 70 valence electrons. The molecule has 1 saturated heterocycles. The first-order valence-electron chi connectivity index (χ1n) is 5.20. The fraction of sp³-hybridized carbons (Fsp3) is 1.00. The van der Waals surface area contributed by atoms with E-state index in [2.05, 4.69) is 11.9 Å². The third kappa shape index (κ3) is 1.38. The summed E-state index contributed by atoms with van der Waals surface area (Å²) >= 11 is 0. The standard InChI is InChI=1S/C10H20N2/c1-12-6-8-3-2-4-10(8)9(5-11)7-12/h8-10H,2-7,11H2,1H3. The highest BCUT2D eigenvalue weighted by Crippen LogP contribution is 2.40. The molecule has 0 bridgehead atoms. The summed E-state index contributed by atoms with van der Waals surface area (Å²) in [4.78, 5) is 2.46. The zero-order chi connectivity index (χ0) is 8.55. The Labute approximate surface area is 75.1 Å². The van der Waals surface area contributed by atoms with Crippen LogP contribution >= 0.6 is 0 Å². The lowest BCUT2D eigenvalue weighted by Crippen LogP contribution is -2.45. The third-order valence-electron chi connectivity index (χ3n) is 3.72. The monoisotopic (exact) mass is 168 g/mol. The van der Waals surface area contributed by atoms with Gasteiger partial charge in [0.2, 0.25) is 0 Å². The minimum atomic E-state index is 0.788. The van der Waals surface area contributed by atoms with Crippen LogP contribution in [-0.4, -0.2) is 31.6 Å². The van der Waals surface area contributed by atoms with Gasteiger partial charge in [0.1, 0.15) is 0 Å². The molecule has 3 atom stereocenters. The van der Waals surface area contributed by atoms with E-state index < -0.39 is 0 Å². The van der Waals surface area contributed by atoms with Crippen LogP contribution in [0.15, 0.2) is 0 Å². The molecular formula is C10H20N2. The number of fused-ring (bicyclic) bond motifs is 1. The van der Waals surface area contributed by atoms with Gasteiger partial charge in [-0.2, -0.15) is 0 Å². The quantitative estimate of drug-likeness (QED) is 0.631. The van der Waals surface area contributed by atoms with Crippen molar-refractivity contribution < 1.29 is 0 Å². The van der Waals surface area contributed by atoms with Gasteiger partial charge in [-0.1, -0.05) is 6.42 Å². The molecule has 3 unspecified atom stereocenters. The summed E-state index contributed by atoms with van der Waals surface area (Å²) in [6, 6.07) is 0. The summed E-state index contributed by atoms with van der Waals surface area (Å²) in [6.07, 6.45) is 4.34. The lowest BCUT2D eigenvalue weighted by atomic mass is 9.80. The van der Waals surface area contributed by atoms with Crippen LogP contribution in [0.4, 0.5) is 0 Å². The minimum absolute atomic E-state index is 0.788. The highest BCUT2D eigenvalue weighted by molar-refractivity contribution is 4.89. The van der Waals surface area contributed by atoms with Crippen molar-refractivity contribution in [1.82, 2.24) is 4.90 Å². The Kier molecular flexibility index (Phi) is 2.37. The first-order valence-corrected chi connectivity index (χ1v) is 5.20. The molecule has 0 radical (unpaired) electrons. The zero-order valence-corrected chi connectivity index (χ0v) is 8.00. The van der Waals surface area contributed by atoms with E-state index in [1.807, 2.05) is 0 Å². The average Bonchev–Trinajstić information content (AvgIpc) is 2.50. The van der Waals surface area contributed by atoms with E-state index in [0.29, 0.717) is 0 Å². The van der Waals surface area contributed by atoms with Gasteiger partial charge < -0.3 is 10.6 Å². The van der Waals surface area contributed by atoms with Gasteiger partial charge in [-0.05, 0) is 44.2 Å². The largest absolute Gasteiger partial charge is 0.330 e. The van der Waals surface area contributed by atoms with Crippen molar-refractivity contribution in [2.45, 2.75) is 19.3 Å². The number of nitrogens with two attached hydrogens (primary N) is 1. The van der Waals surface area contributed by atoms with Gasteiger partial charge in [0.15, 0.2) is 0 Å². The number of hydrogen-bond acceptors (Lipinski definition) is 2. The van der Waals surface area contributed by atoms with Crippen molar-refractivity contribution in [3.05, 3.63) is 0 Å². The van der Waals surface area contributed by atoms with Crippen molar-refractivity contribution in [3.63, 3.8) is 0 Å². The van der Waals surface area contributed by atoms with E-state index in [0.717, 1.165) is 24.3 Å². The Hall–Kier alpha value is -0.0800. The lowest BCUT2D eigenvalue weighted by Gasteiger charge is -2.38. The molecule has 0 aromatic carbocycles. The van der Waals surface area contributed by atoms with E-state index in [9.17, 15) is 0 Å². The molecule has 1 aliphatic heterocycles. The summed E-state index contributed by atoms with van der Waals surface area (Å²) in [6.45, 7) is 3.45. The van der Waals surface area contributed by atoms with Gasteiger partial charge in [0.25, 0.3) is 0 Å². The normalized spacial score (nSPS) is 43.0. The second kappa shape index (κ2) is 3.35. The zero-order valence-electron chi connectivity index (χ0n) is 8.00. The summed E-state index contributed by atoms with van der Waals surface area (Å²) in [7, 11) is 2.23. The predicted octanol–water partition coefficient (Wildman–Crippen LogP) is 0.923. The maximum Gasteiger partial charge on any atom is 0.00216 e. The lowest BCUT2D eigenvalue weighted by molar-refractivity contribution is 0.104. The van der Waals surface area contributed by atoms with Crippen LogP contribution in [0, 0.1) is 17.8 Å². The molecule has 2 nitrogen and oxygen atoms in total. The number of rotatable bonds is 1. The Morgan fingerprint density at radius 1 is 1.33 bits per heavy atom. The maximum absolute atomic E-state index is 5.79. The molecule has 2 fully saturated rings. The van der Waals surface area contributed by atoms with Crippen LogP contribution in [0.25, 0.3) is 0 Å². The SMILES string of the molecule is CN1CC(CN)C2CCCC2C1. The number of nitrogens with zero attached hydrogens (tertiary/aromatic N) is 1. The molecule has 1 saturated carbocycles. The van der Waals surface area contributed by atoms with Crippen molar-refractivity contribution in [3.8, 4) is 0 Å². The van der Waals surface area contributed by atoms with Crippen molar-refractivity contribution in [2.75, 3.05) is 26.7 Å². The van der Waals surface area contributed by atoms with Gasteiger partial charge in [-0.25, -0.2) is 0 Å². The van der Waals surface area contributed by atoms with E-state index in [4.69, 9.17) is 5.73 Å². The highest BCUT2D eigenvalue weighted by Gasteiger charge is 2.37. The average molecular weight is 168 g/mol. The molecule has 1 aliphatic carbocycles. The third-order valence-corrected chi connectivity index (χ3v) is 3.72.